The topological polar surface area (TPSA) is 93.4 Å². The third-order valence-electron chi connectivity index (χ3n) is 4.13. The zero-order chi connectivity index (χ0) is 20.3. The minimum absolute atomic E-state index is 0.0576. The predicted octanol–water partition coefficient (Wildman–Crippen LogP) is 3.38. The molecule has 2 N–H and O–H groups in total. The Labute approximate surface area is 176 Å². The predicted molar refractivity (Wildman–Crippen MR) is 110 cm³/mol. The Hall–Kier alpha value is -2.23. The standard InChI is InChI=1S/C17H19Cl2N7OS/c1-3-12-21-15(24-26(12)14-10(18)6-5-7-11(14)19)16(27)20-9-8-13-22-23-17(28)25(13)4-2/h5-7H,3-4,8-9H2,1-2H3,(H,20,27)(H,23,28). The first-order chi connectivity index (χ1) is 13.5. The molecule has 0 saturated carbocycles. The smallest absolute Gasteiger partial charge is 0.290 e. The van der Waals surface area contributed by atoms with E-state index in [9.17, 15) is 4.79 Å². The summed E-state index contributed by atoms with van der Waals surface area (Å²) < 4.78 is 3.96. The van der Waals surface area contributed by atoms with E-state index >= 15 is 0 Å². The summed E-state index contributed by atoms with van der Waals surface area (Å²) in [5.41, 5.74) is 0.507. The van der Waals surface area contributed by atoms with Crippen LogP contribution in [0.4, 0.5) is 0 Å². The number of hydrogen-bond acceptors (Lipinski definition) is 5. The lowest BCUT2D eigenvalue weighted by Gasteiger charge is -2.08. The first-order valence-electron chi connectivity index (χ1n) is 8.78. The van der Waals surface area contributed by atoms with Crippen LogP contribution < -0.4 is 5.32 Å². The lowest BCUT2D eigenvalue weighted by Crippen LogP contribution is -2.27. The summed E-state index contributed by atoms with van der Waals surface area (Å²) in [7, 11) is 0. The monoisotopic (exact) mass is 439 g/mol. The average molecular weight is 440 g/mol. The van der Waals surface area contributed by atoms with E-state index in [2.05, 4.69) is 25.6 Å². The third kappa shape index (κ3) is 4.11. The number of aryl methyl sites for hydroxylation is 1. The van der Waals surface area contributed by atoms with Gasteiger partial charge in [0.2, 0.25) is 5.82 Å². The summed E-state index contributed by atoms with van der Waals surface area (Å²) in [6.07, 6.45) is 1.09. The van der Waals surface area contributed by atoms with Crippen LogP contribution in [0, 0.1) is 4.77 Å². The maximum Gasteiger partial charge on any atom is 0.290 e. The molecule has 0 bridgehead atoms. The molecule has 0 saturated heterocycles. The first-order valence-corrected chi connectivity index (χ1v) is 9.95. The van der Waals surface area contributed by atoms with Gasteiger partial charge in [-0.05, 0) is 31.3 Å². The first kappa shape index (κ1) is 20.5. The van der Waals surface area contributed by atoms with Crippen molar-refractivity contribution >= 4 is 41.3 Å². The molecule has 0 aliphatic carbocycles. The van der Waals surface area contributed by atoms with Gasteiger partial charge in [-0.15, -0.1) is 5.10 Å². The van der Waals surface area contributed by atoms with Gasteiger partial charge in [-0.3, -0.25) is 9.89 Å². The molecule has 148 valence electrons. The minimum Gasteiger partial charge on any atom is -0.349 e. The van der Waals surface area contributed by atoms with Gasteiger partial charge in [-0.1, -0.05) is 36.2 Å². The molecule has 0 unspecified atom stereocenters. The Morgan fingerprint density at radius 1 is 1.25 bits per heavy atom. The van der Waals surface area contributed by atoms with Crippen molar-refractivity contribution in [1.29, 1.82) is 0 Å². The van der Waals surface area contributed by atoms with Crippen LogP contribution >= 0.6 is 35.4 Å². The third-order valence-corrected chi connectivity index (χ3v) is 5.05. The lowest BCUT2D eigenvalue weighted by molar-refractivity contribution is 0.0943. The van der Waals surface area contributed by atoms with E-state index in [0.29, 0.717) is 52.3 Å². The molecule has 1 aromatic carbocycles. The van der Waals surface area contributed by atoms with E-state index in [1.807, 2.05) is 18.4 Å². The van der Waals surface area contributed by atoms with Crippen LogP contribution in [0.1, 0.15) is 36.1 Å². The highest BCUT2D eigenvalue weighted by atomic mass is 35.5. The molecule has 2 aromatic heterocycles. The molecule has 28 heavy (non-hydrogen) atoms. The molecule has 0 aliphatic rings. The molecule has 0 radical (unpaired) electrons. The van der Waals surface area contributed by atoms with Crippen LogP contribution in [-0.2, 0) is 19.4 Å². The number of halogens is 2. The summed E-state index contributed by atoms with van der Waals surface area (Å²) in [5.74, 6) is 1.05. The average Bonchev–Trinajstić information content (AvgIpc) is 3.25. The zero-order valence-electron chi connectivity index (χ0n) is 15.4. The van der Waals surface area contributed by atoms with Gasteiger partial charge in [0.05, 0.1) is 10.0 Å². The molecule has 0 fully saturated rings. The number of aromatic amines is 1. The van der Waals surface area contributed by atoms with Gasteiger partial charge in [0.15, 0.2) is 4.77 Å². The highest BCUT2D eigenvalue weighted by Gasteiger charge is 2.19. The maximum absolute atomic E-state index is 12.5. The number of aromatic nitrogens is 6. The van der Waals surface area contributed by atoms with Crippen molar-refractivity contribution in [3.8, 4) is 5.69 Å². The van der Waals surface area contributed by atoms with Gasteiger partial charge in [0.1, 0.15) is 17.3 Å². The van der Waals surface area contributed by atoms with Crippen molar-refractivity contribution in [1.82, 2.24) is 34.8 Å². The van der Waals surface area contributed by atoms with E-state index in [1.54, 1.807) is 18.2 Å². The Bertz CT molecular complexity index is 1040. The van der Waals surface area contributed by atoms with Crippen LogP contribution in [0.3, 0.4) is 0 Å². The molecule has 11 heteroatoms. The SMILES string of the molecule is CCc1nc(C(=O)NCCc2n[nH]c(=S)n2CC)nn1-c1c(Cl)cccc1Cl. The fourth-order valence-electron chi connectivity index (χ4n) is 2.77. The lowest BCUT2D eigenvalue weighted by atomic mass is 10.3. The van der Waals surface area contributed by atoms with Gasteiger partial charge < -0.3 is 9.88 Å². The molecule has 0 atom stereocenters. The second-order valence-corrected chi connectivity index (χ2v) is 7.08. The quantitative estimate of drug-likeness (QED) is 0.550. The van der Waals surface area contributed by atoms with Crippen LogP contribution in [0.5, 0.6) is 0 Å². The molecular formula is C17H19Cl2N7OS. The van der Waals surface area contributed by atoms with Crippen molar-refractivity contribution in [2.75, 3.05) is 6.54 Å². The highest BCUT2D eigenvalue weighted by Crippen LogP contribution is 2.28. The number of nitrogens with zero attached hydrogens (tertiary/aromatic N) is 5. The number of rotatable bonds is 7. The fraction of sp³-hybridized carbons (Fsp3) is 0.353. The molecule has 3 aromatic rings. The number of hydrogen-bond donors (Lipinski definition) is 2. The Morgan fingerprint density at radius 3 is 2.61 bits per heavy atom. The number of benzene rings is 1. The summed E-state index contributed by atoms with van der Waals surface area (Å²) in [6.45, 7) is 4.99. The van der Waals surface area contributed by atoms with Crippen molar-refractivity contribution in [2.45, 2.75) is 33.2 Å². The van der Waals surface area contributed by atoms with Gasteiger partial charge in [-0.2, -0.15) is 5.10 Å². The van der Waals surface area contributed by atoms with Gasteiger partial charge in [0.25, 0.3) is 5.91 Å². The Morgan fingerprint density at radius 2 is 1.96 bits per heavy atom. The van der Waals surface area contributed by atoms with Crippen LogP contribution in [0.15, 0.2) is 18.2 Å². The number of carbonyl (C=O) groups is 1. The minimum atomic E-state index is -0.381. The normalized spacial score (nSPS) is 11.0. The van der Waals surface area contributed by atoms with Crippen molar-refractivity contribution < 1.29 is 4.79 Å². The molecule has 8 nitrogen and oxygen atoms in total. The second-order valence-electron chi connectivity index (χ2n) is 5.88. The molecule has 3 rings (SSSR count). The Balaban J connectivity index is 1.76. The number of para-hydroxylation sites is 1. The van der Waals surface area contributed by atoms with Crippen LogP contribution in [0.2, 0.25) is 10.0 Å². The zero-order valence-corrected chi connectivity index (χ0v) is 17.7. The van der Waals surface area contributed by atoms with E-state index in [1.165, 1.54) is 4.68 Å². The number of carbonyl (C=O) groups excluding carboxylic acids is 1. The summed E-state index contributed by atoms with van der Waals surface area (Å²) >= 11 is 17.7. The van der Waals surface area contributed by atoms with Crippen molar-refractivity contribution in [3.05, 3.63) is 50.5 Å². The fourth-order valence-corrected chi connectivity index (χ4v) is 3.61. The summed E-state index contributed by atoms with van der Waals surface area (Å²) in [4.78, 5) is 16.8. The van der Waals surface area contributed by atoms with Crippen LogP contribution in [0.25, 0.3) is 5.69 Å². The number of amides is 1. The molecule has 1 amide bonds. The summed E-state index contributed by atoms with van der Waals surface area (Å²) in [5, 5.41) is 14.9. The number of H-pyrrole nitrogens is 1. The number of nitrogens with one attached hydrogen (secondary N) is 2. The van der Waals surface area contributed by atoms with Gasteiger partial charge in [-0.25, -0.2) is 9.67 Å². The maximum atomic E-state index is 12.5. The Kier molecular flexibility index (Phi) is 6.48. The molecular weight excluding hydrogens is 421 g/mol. The van der Waals surface area contributed by atoms with E-state index < -0.39 is 0 Å². The van der Waals surface area contributed by atoms with Gasteiger partial charge >= 0.3 is 0 Å². The molecule has 0 spiro atoms. The highest BCUT2D eigenvalue weighted by molar-refractivity contribution is 7.71. The molecule has 0 aliphatic heterocycles. The van der Waals surface area contributed by atoms with E-state index in [4.69, 9.17) is 35.4 Å². The second kappa shape index (κ2) is 8.85. The van der Waals surface area contributed by atoms with Crippen LogP contribution in [-0.4, -0.2) is 42.0 Å². The summed E-state index contributed by atoms with van der Waals surface area (Å²) in [6, 6.07) is 5.17. The van der Waals surface area contributed by atoms with Gasteiger partial charge in [0, 0.05) is 25.9 Å². The van der Waals surface area contributed by atoms with E-state index in [0.717, 1.165) is 5.82 Å². The van der Waals surface area contributed by atoms with E-state index in [-0.39, 0.29) is 11.7 Å². The van der Waals surface area contributed by atoms with Crippen molar-refractivity contribution in [3.63, 3.8) is 0 Å². The molecule has 2 heterocycles. The van der Waals surface area contributed by atoms with Crippen molar-refractivity contribution in [2.24, 2.45) is 0 Å². The largest absolute Gasteiger partial charge is 0.349 e.